The van der Waals surface area contributed by atoms with E-state index in [4.69, 9.17) is 22.1 Å². The van der Waals surface area contributed by atoms with E-state index in [1.165, 1.54) is 5.56 Å². The number of hydrogen-bond donors (Lipinski definition) is 2. The Labute approximate surface area is 143 Å². The minimum absolute atomic E-state index is 0.199. The molecule has 0 spiro atoms. The average molecular weight is 339 g/mol. The van der Waals surface area contributed by atoms with Crippen LogP contribution in [0.5, 0.6) is 0 Å². The molecule has 1 aliphatic heterocycles. The van der Waals surface area contributed by atoms with Crippen molar-refractivity contribution in [2.45, 2.75) is 19.9 Å². The first-order valence-electron chi connectivity index (χ1n) is 8.17. The van der Waals surface area contributed by atoms with E-state index >= 15 is 0 Å². The number of halogens is 1. The minimum Gasteiger partial charge on any atom is -0.379 e. The van der Waals surface area contributed by atoms with Crippen LogP contribution in [0, 0.1) is 5.92 Å². The number of aliphatic imine (C=N–C) groups is 1. The van der Waals surface area contributed by atoms with Gasteiger partial charge in [0.15, 0.2) is 5.96 Å². The molecule has 6 heteroatoms. The molecule has 23 heavy (non-hydrogen) atoms. The van der Waals surface area contributed by atoms with Gasteiger partial charge in [0.2, 0.25) is 0 Å². The van der Waals surface area contributed by atoms with Crippen molar-refractivity contribution in [3.05, 3.63) is 34.9 Å². The summed E-state index contributed by atoms with van der Waals surface area (Å²) in [7, 11) is 0. The zero-order valence-electron chi connectivity index (χ0n) is 14.0. The molecule has 128 valence electrons. The molecule has 0 bridgehead atoms. The summed E-state index contributed by atoms with van der Waals surface area (Å²) in [6, 6.07) is 8.21. The molecule has 1 aliphatic rings. The van der Waals surface area contributed by atoms with Gasteiger partial charge in [-0.25, -0.2) is 0 Å². The molecule has 1 unspecified atom stereocenters. The van der Waals surface area contributed by atoms with E-state index < -0.39 is 0 Å². The maximum atomic E-state index is 6.16. The molecule has 1 aromatic rings. The highest BCUT2D eigenvalue weighted by Crippen LogP contribution is 2.23. The number of morpholine rings is 1. The van der Waals surface area contributed by atoms with Crippen LogP contribution >= 0.6 is 11.6 Å². The summed E-state index contributed by atoms with van der Waals surface area (Å²) in [6.45, 7) is 9.01. The first-order chi connectivity index (χ1) is 11.1. The van der Waals surface area contributed by atoms with Gasteiger partial charge in [0.05, 0.1) is 19.3 Å². The van der Waals surface area contributed by atoms with Crippen LogP contribution in [0.25, 0.3) is 0 Å². The molecule has 0 aliphatic carbocycles. The van der Waals surface area contributed by atoms with E-state index in [0.717, 1.165) is 37.9 Å². The zero-order valence-corrected chi connectivity index (χ0v) is 14.7. The van der Waals surface area contributed by atoms with E-state index in [-0.39, 0.29) is 6.04 Å². The van der Waals surface area contributed by atoms with Crippen LogP contribution in [0.15, 0.2) is 29.3 Å². The molecular weight excluding hydrogens is 312 g/mol. The lowest BCUT2D eigenvalue weighted by molar-refractivity contribution is 0.0170. The molecule has 0 saturated carbocycles. The highest BCUT2D eigenvalue weighted by atomic mass is 35.5. The highest BCUT2D eigenvalue weighted by molar-refractivity contribution is 6.30. The highest BCUT2D eigenvalue weighted by Gasteiger charge is 2.22. The first-order valence-corrected chi connectivity index (χ1v) is 8.55. The van der Waals surface area contributed by atoms with Crippen molar-refractivity contribution in [3.63, 3.8) is 0 Å². The summed E-state index contributed by atoms with van der Waals surface area (Å²) in [4.78, 5) is 6.77. The second-order valence-corrected chi connectivity index (χ2v) is 6.66. The number of rotatable bonds is 6. The van der Waals surface area contributed by atoms with Crippen molar-refractivity contribution in [2.75, 3.05) is 39.4 Å². The van der Waals surface area contributed by atoms with E-state index in [1.807, 2.05) is 18.2 Å². The van der Waals surface area contributed by atoms with Crippen molar-refractivity contribution in [2.24, 2.45) is 16.6 Å². The van der Waals surface area contributed by atoms with Crippen LogP contribution in [0.4, 0.5) is 0 Å². The van der Waals surface area contributed by atoms with Gasteiger partial charge in [-0.1, -0.05) is 37.6 Å². The molecule has 1 atom stereocenters. The van der Waals surface area contributed by atoms with Gasteiger partial charge in [-0.15, -0.1) is 0 Å². The fraction of sp³-hybridized carbons (Fsp3) is 0.588. The first kappa shape index (κ1) is 18.0. The summed E-state index contributed by atoms with van der Waals surface area (Å²) >= 11 is 6.16. The molecule has 0 amide bonds. The largest absolute Gasteiger partial charge is 0.379 e. The van der Waals surface area contributed by atoms with Crippen LogP contribution in [0.3, 0.4) is 0 Å². The molecule has 0 radical (unpaired) electrons. The number of nitrogens with two attached hydrogens (primary N) is 1. The summed E-state index contributed by atoms with van der Waals surface area (Å²) in [6.07, 6.45) is 0. The Morgan fingerprint density at radius 1 is 1.39 bits per heavy atom. The smallest absolute Gasteiger partial charge is 0.188 e. The van der Waals surface area contributed by atoms with Gasteiger partial charge in [0, 0.05) is 31.2 Å². The molecule has 1 aromatic carbocycles. The van der Waals surface area contributed by atoms with Gasteiger partial charge >= 0.3 is 0 Å². The molecule has 1 fully saturated rings. The van der Waals surface area contributed by atoms with E-state index in [2.05, 4.69) is 35.1 Å². The van der Waals surface area contributed by atoms with E-state index in [0.29, 0.717) is 18.4 Å². The number of ether oxygens (including phenoxy) is 1. The lowest BCUT2D eigenvalue weighted by atomic mass is 10.0. The van der Waals surface area contributed by atoms with Gasteiger partial charge in [-0.2, -0.15) is 0 Å². The standard InChI is InChI=1S/C17H27ClN4O/c1-13(2)11-20-17(19)21-12-16(22-6-8-23-9-7-22)14-4-3-5-15(18)10-14/h3-5,10,13,16H,6-9,11-12H2,1-2H3,(H3,19,20,21). The maximum absolute atomic E-state index is 6.16. The SMILES string of the molecule is CC(C)CN=C(N)NCC(c1cccc(Cl)c1)N1CCOCC1. The normalized spacial score (nSPS) is 18.2. The molecule has 5 nitrogen and oxygen atoms in total. The monoisotopic (exact) mass is 338 g/mol. The number of benzene rings is 1. The Balaban J connectivity index is 2.06. The minimum atomic E-state index is 0.199. The van der Waals surface area contributed by atoms with Crippen molar-refractivity contribution in [1.82, 2.24) is 10.2 Å². The summed E-state index contributed by atoms with van der Waals surface area (Å²) in [5.74, 6) is 0.998. The third-order valence-electron chi connectivity index (χ3n) is 3.82. The van der Waals surface area contributed by atoms with Crippen LogP contribution in [0.2, 0.25) is 5.02 Å². The summed E-state index contributed by atoms with van der Waals surface area (Å²) < 4.78 is 5.46. The molecule has 3 N–H and O–H groups in total. The van der Waals surface area contributed by atoms with Crippen molar-refractivity contribution >= 4 is 17.6 Å². The summed E-state index contributed by atoms with van der Waals surface area (Å²) in [5, 5.41) is 4.01. The Morgan fingerprint density at radius 3 is 2.78 bits per heavy atom. The van der Waals surface area contributed by atoms with Crippen LogP contribution in [-0.4, -0.2) is 50.3 Å². The fourth-order valence-corrected chi connectivity index (χ4v) is 2.80. The number of hydrogen-bond acceptors (Lipinski definition) is 3. The van der Waals surface area contributed by atoms with Crippen molar-refractivity contribution in [1.29, 1.82) is 0 Å². The van der Waals surface area contributed by atoms with E-state index in [9.17, 15) is 0 Å². The number of nitrogens with zero attached hydrogens (tertiary/aromatic N) is 2. The molecule has 1 heterocycles. The zero-order chi connectivity index (χ0) is 16.7. The topological polar surface area (TPSA) is 62.9 Å². The van der Waals surface area contributed by atoms with Gasteiger partial charge < -0.3 is 15.8 Å². The van der Waals surface area contributed by atoms with Crippen LogP contribution in [-0.2, 0) is 4.74 Å². The molecule has 1 saturated heterocycles. The maximum Gasteiger partial charge on any atom is 0.188 e. The number of guanidine groups is 1. The van der Waals surface area contributed by atoms with Crippen LogP contribution < -0.4 is 11.1 Å². The second-order valence-electron chi connectivity index (χ2n) is 6.22. The lowest BCUT2D eigenvalue weighted by Crippen LogP contribution is -2.45. The fourth-order valence-electron chi connectivity index (χ4n) is 2.60. The second kappa shape index (κ2) is 9.11. The van der Waals surface area contributed by atoms with Gasteiger partial charge in [0.1, 0.15) is 0 Å². The van der Waals surface area contributed by atoms with Gasteiger partial charge in [-0.05, 0) is 23.6 Å². The predicted octanol–water partition coefficient (Wildman–Crippen LogP) is 2.27. The van der Waals surface area contributed by atoms with Crippen molar-refractivity contribution in [3.8, 4) is 0 Å². The Bertz CT molecular complexity index is 515. The Morgan fingerprint density at radius 2 is 2.13 bits per heavy atom. The Kier molecular flexibility index (Phi) is 7.15. The third-order valence-corrected chi connectivity index (χ3v) is 4.06. The Hall–Kier alpha value is -1.30. The lowest BCUT2D eigenvalue weighted by Gasteiger charge is -2.35. The summed E-state index contributed by atoms with van der Waals surface area (Å²) in [5.41, 5.74) is 7.16. The third kappa shape index (κ3) is 6.01. The van der Waals surface area contributed by atoms with Crippen LogP contribution in [0.1, 0.15) is 25.5 Å². The van der Waals surface area contributed by atoms with Crippen molar-refractivity contribution < 1.29 is 4.74 Å². The average Bonchev–Trinajstić information content (AvgIpc) is 2.54. The predicted molar refractivity (Wildman–Crippen MR) is 95.9 cm³/mol. The quantitative estimate of drug-likeness (QED) is 0.617. The van der Waals surface area contributed by atoms with Gasteiger partial charge in [-0.3, -0.25) is 9.89 Å². The molecule has 0 aromatic heterocycles. The molecular formula is C17H27ClN4O. The number of nitrogens with one attached hydrogen (secondary N) is 1. The van der Waals surface area contributed by atoms with Gasteiger partial charge in [0.25, 0.3) is 0 Å². The van der Waals surface area contributed by atoms with E-state index in [1.54, 1.807) is 0 Å². The molecule has 2 rings (SSSR count).